The van der Waals surface area contributed by atoms with Crippen molar-refractivity contribution in [3.8, 4) is 0 Å². The van der Waals surface area contributed by atoms with Crippen molar-refractivity contribution in [3.63, 3.8) is 0 Å². The second kappa shape index (κ2) is 9.30. The van der Waals surface area contributed by atoms with Crippen molar-refractivity contribution < 1.29 is 14.0 Å². The second-order valence-corrected chi connectivity index (χ2v) is 7.28. The Balaban J connectivity index is 1.29. The Labute approximate surface area is 180 Å². The van der Waals surface area contributed by atoms with Crippen LogP contribution in [0.5, 0.6) is 0 Å². The van der Waals surface area contributed by atoms with Gasteiger partial charge in [-0.05, 0) is 54.6 Å². The Morgan fingerprint density at radius 1 is 0.742 bits per heavy atom. The van der Waals surface area contributed by atoms with Gasteiger partial charge in [0.2, 0.25) is 0 Å². The number of amides is 3. The minimum Gasteiger partial charge on any atom is -0.368 e. The van der Waals surface area contributed by atoms with Gasteiger partial charge in [0.15, 0.2) is 0 Å². The lowest BCUT2D eigenvalue weighted by molar-refractivity contribution is 0.0747. The van der Waals surface area contributed by atoms with Gasteiger partial charge in [0, 0.05) is 48.8 Å². The summed E-state index contributed by atoms with van der Waals surface area (Å²) in [6, 6.07) is 22.1. The number of carbonyl (C=O) groups is 2. The van der Waals surface area contributed by atoms with Crippen molar-refractivity contribution in [2.24, 2.45) is 0 Å². The summed E-state index contributed by atoms with van der Waals surface area (Å²) in [6.07, 6.45) is 0. The van der Waals surface area contributed by atoms with E-state index in [-0.39, 0.29) is 5.91 Å². The largest absolute Gasteiger partial charge is 0.368 e. The molecule has 1 aliphatic rings. The monoisotopic (exact) mass is 418 g/mol. The summed E-state index contributed by atoms with van der Waals surface area (Å²) in [4.78, 5) is 28.8. The molecule has 0 aliphatic carbocycles. The summed E-state index contributed by atoms with van der Waals surface area (Å²) in [6.45, 7) is 2.80. The van der Waals surface area contributed by atoms with E-state index in [1.54, 1.807) is 6.07 Å². The van der Waals surface area contributed by atoms with Crippen molar-refractivity contribution >= 4 is 29.0 Å². The van der Waals surface area contributed by atoms with Crippen LogP contribution in [0.3, 0.4) is 0 Å². The number of nitrogens with one attached hydrogen (secondary N) is 2. The molecule has 0 saturated carbocycles. The van der Waals surface area contributed by atoms with Gasteiger partial charge >= 0.3 is 6.03 Å². The first-order valence-corrected chi connectivity index (χ1v) is 10.1. The highest BCUT2D eigenvalue weighted by Gasteiger charge is 2.22. The maximum atomic E-state index is 13.2. The van der Waals surface area contributed by atoms with E-state index < -0.39 is 11.8 Å². The quantitative estimate of drug-likeness (QED) is 0.659. The topological polar surface area (TPSA) is 64.7 Å². The Kier molecular flexibility index (Phi) is 6.12. The molecule has 3 aromatic carbocycles. The maximum Gasteiger partial charge on any atom is 0.323 e. The minimum atomic E-state index is -0.439. The maximum absolute atomic E-state index is 13.2. The summed E-state index contributed by atoms with van der Waals surface area (Å²) < 4.78 is 13.2. The molecule has 0 radical (unpaired) electrons. The molecule has 0 aromatic heterocycles. The van der Waals surface area contributed by atoms with Gasteiger partial charge in [-0.1, -0.05) is 24.3 Å². The third-order valence-corrected chi connectivity index (χ3v) is 5.16. The average Bonchev–Trinajstić information content (AvgIpc) is 2.80. The summed E-state index contributed by atoms with van der Waals surface area (Å²) in [7, 11) is 0. The van der Waals surface area contributed by atoms with Crippen LogP contribution in [0.25, 0.3) is 0 Å². The predicted octanol–water partition coefficient (Wildman–Crippen LogP) is 4.43. The number of hydrogen-bond donors (Lipinski definition) is 2. The molecule has 1 heterocycles. The molecule has 1 saturated heterocycles. The standard InChI is InChI=1S/C24H23FN4O2/c25-19-7-4-8-21(17-19)27-24(31)26-20-9-11-22(12-10-20)28-13-15-29(16-14-28)23(30)18-5-2-1-3-6-18/h1-12,17H,13-16H2,(H2,26,27,31). The summed E-state index contributed by atoms with van der Waals surface area (Å²) in [5.74, 6) is -0.350. The first-order chi connectivity index (χ1) is 15.1. The smallest absolute Gasteiger partial charge is 0.323 e. The fraction of sp³-hybridized carbons (Fsp3) is 0.167. The molecule has 0 spiro atoms. The molecule has 3 amide bonds. The molecule has 6 nitrogen and oxygen atoms in total. The normalized spacial score (nSPS) is 13.6. The number of halogens is 1. The molecular formula is C24H23FN4O2. The van der Waals surface area contributed by atoms with Crippen LogP contribution in [0, 0.1) is 5.82 Å². The van der Waals surface area contributed by atoms with Crippen LogP contribution in [-0.2, 0) is 0 Å². The van der Waals surface area contributed by atoms with Crippen molar-refractivity contribution in [2.75, 3.05) is 41.7 Å². The number of nitrogens with zero attached hydrogens (tertiary/aromatic N) is 2. The van der Waals surface area contributed by atoms with Crippen LogP contribution in [0.2, 0.25) is 0 Å². The fourth-order valence-corrected chi connectivity index (χ4v) is 3.55. The molecule has 158 valence electrons. The van der Waals surface area contributed by atoms with E-state index in [9.17, 15) is 14.0 Å². The van der Waals surface area contributed by atoms with Gasteiger partial charge in [0.05, 0.1) is 0 Å². The van der Waals surface area contributed by atoms with Crippen molar-refractivity contribution in [1.29, 1.82) is 0 Å². The van der Waals surface area contributed by atoms with Crippen molar-refractivity contribution in [2.45, 2.75) is 0 Å². The van der Waals surface area contributed by atoms with Crippen LogP contribution in [-0.4, -0.2) is 43.0 Å². The Morgan fingerprint density at radius 2 is 1.42 bits per heavy atom. The fourth-order valence-electron chi connectivity index (χ4n) is 3.55. The third kappa shape index (κ3) is 5.19. The lowest BCUT2D eigenvalue weighted by Gasteiger charge is -2.36. The van der Waals surface area contributed by atoms with Gasteiger partial charge in [-0.15, -0.1) is 0 Å². The number of urea groups is 1. The molecular weight excluding hydrogens is 395 g/mol. The van der Waals surface area contributed by atoms with Crippen LogP contribution in [0.4, 0.5) is 26.2 Å². The molecule has 0 unspecified atom stereocenters. The van der Waals surface area contributed by atoms with Gasteiger partial charge in [-0.2, -0.15) is 0 Å². The molecule has 4 rings (SSSR count). The van der Waals surface area contributed by atoms with E-state index in [4.69, 9.17) is 0 Å². The third-order valence-electron chi connectivity index (χ3n) is 5.16. The van der Waals surface area contributed by atoms with Gasteiger partial charge in [-0.25, -0.2) is 9.18 Å². The second-order valence-electron chi connectivity index (χ2n) is 7.28. The summed E-state index contributed by atoms with van der Waals surface area (Å²) in [5, 5.41) is 5.34. The zero-order valence-corrected chi connectivity index (χ0v) is 16.9. The van der Waals surface area contributed by atoms with E-state index in [1.807, 2.05) is 59.5 Å². The zero-order valence-electron chi connectivity index (χ0n) is 16.9. The Morgan fingerprint density at radius 3 is 2.10 bits per heavy atom. The SMILES string of the molecule is O=C(Nc1ccc(N2CCN(C(=O)c3ccccc3)CC2)cc1)Nc1cccc(F)c1. The average molecular weight is 418 g/mol. The summed E-state index contributed by atoms with van der Waals surface area (Å²) in [5.41, 5.74) is 2.76. The van der Waals surface area contributed by atoms with Gasteiger partial charge in [0.1, 0.15) is 5.82 Å². The van der Waals surface area contributed by atoms with Crippen molar-refractivity contribution in [1.82, 2.24) is 4.90 Å². The van der Waals surface area contributed by atoms with Crippen LogP contribution in [0.15, 0.2) is 78.9 Å². The zero-order chi connectivity index (χ0) is 21.6. The van der Waals surface area contributed by atoms with Gasteiger partial charge in [0.25, 0.3) is 5.91 Å². The molecule has 0 bridgehead atoms. The molecule has 1 aliphatic heterocycles. The summed E-state index contributed by atoms with van der Waals surface area (Å²) >= 11 is 0. The molecule has 31 heavy (non-hydrogen) atoms. The highest BCUT2D eigenvalue weighted by atomic mass is 19.1. The lowest BCUT2D eigenvalue weighted by Crippen LogP contribution is -2.48. The Hall–Kier alpha value is -3.87. The number of benzene rings is 3. The Bertz CT molecular complexity index is 1050. The molecule has 1 fully saturated rings. The molecule has 2 N–H and O–H groups in total. The number of hydrogen-bond acceptors (Lipinski definition) is 3. The first-order valence-electron chi connectivity index (χ1n) is 10.1. The van der Waals surface area contributed by atoms with Gasteiger partial charge in [-0.3, -0.25) is 4.79 Å². The van der Waals surface area contributed by atoms with E-state index in [0.717, 1.165) is 18.8 Å². The molecule has 7 heteroatoms. The number of carbonyl (C=O) groups excluding carboxylic acids is 2. The van der Waals surface area contributed by atoms with E-state index >= 15 is 0 Å². The van der Waals surface area contributed by atoms with Crippen molar-refractivity contribution in [3.05, 3.63) is 90.2 Å². The lowest BCUT2D eigenvalue weighted by atomic mass is 10.1. The van der Waals surface area contributed by atoms with E-state index in [0.29, 0.717) is 30.0 Å². The van der Waals surface area contributed by atoms with E-state index in [2.05, 4.69) is 15.5 Å². The van der Waals surface area contributed by atoms with Crippen LogP contribution < -0.4 is 15.5 Å². The predicted molar refractivity (Wildman–Crippen MR) is 120 cm³/mol. The highest BCUT2D eigenvalue weighted by Crippen LogP contribution is 2.20. The highest BCUT2D eigenvalue weighted by molar-refractivity contribution is 5.99. The molecule has 0 atom stereocenters. The minimum absolute atomic E-state index is 0.0594. The number of anilines is 3. The van der Waals surface area contributed by atoms with Crippen LogP contribution in [0.1, 0.15) is 10.4 Å². The number of piperazine rings is 1. The number of rotatable bonds is 4. The molecule has 3 aromatic rings. The van der Waals surface area contributed by atoms with E-state index in [1.165, 1.54) is 18.2 Å². The first kappa shape index (κ1) is 20.4. The van der Waals surface area contributed by atoms with Crippen LogP contribution >= 0.6 is 0 Å². The van der Waals surface area contributed by atoms with Gasteiger partial charge < -0.3 is 20.4 Å².